The molecule has 1 amide bonds. The molecule has 0 radical (unpaired) electrons. The number of thiazole rings is 1. The van der Waals surface area contributed by atoms with Gasteiger partial charge in [0, 0.05) is 31.4 Å². The minimum atomic E-state index is 0.0594. The van der Waals surface area contributed by atoms with Crippen LogP contribution in [0.25, 0.3) is 0 Å². The highest BCUT2D eigenvalue weighted by molar-refractivity contribution is 7.14. The molecule has 5 heteroatoms. The smallest absolute Gasteiger partial charge is 0.225 e. The molecular weight excluding hydrogens is 282 g/mol. The highest BCUT2D eigenvalue weighted by atomic mass is 32.1. The Morgan fingerprint density at radius 3 is 2.95 bits per heavy atom. The van der Waals surface area contributed by atoms with Crippen LogP contribution >= 0.6 is 11.3 Å². The average molecular weight is 309 g/mol. The number of hydrogen-bond acceptors (Lipinski definition) is 4. The van der Waals surface area contributed by atoms with Gasteiger partial charge in [0.1, 0.15) is 0 Å². The molecule has 0 aromatic carbocycles. The molecule has 2 unspecified atom stereocenters. The minimum absolute atomic E-state index is 0.0594. The van der Waals surface area contributed by atoms with Gasteiger partial charge in [-0.1, -0.05) is 19.8 Å². The molecular formula is C16H27N3OS. The van der Waals surface area contributed by atoms with Crippen molar-refractivity contribution in [3.63, 3.8) is 0 Å². The lowest BCUT2D eigenvalue weighted by molar-refractivity contribution is -0.116. The van der Waals surface area contributed by atoms with Crippen LogP contribution in [0.2, 0.25) is 0 Å². The quantitative estimate of drug-likeness (QED) is 0.846. The molecule has 0 spiro atoms. The summed E-state index contributed by atoms with van der Waals surface area (Å²) in [6, 6.07) is 0.621. The standard InChI is InChI=1S/C16H27N3OS/c1-4-19(13(3)20)16-18-15(11-21-16)10-17-14-7-5-6-12(2)8-9-14/h11-12,14,17H,4-10H2,1-3H3. The van der Waals surface area contributed by atoms with Crippen LogP contribution in [0.1, 0.15) is 58.6 Å². The summed E-state index contributed by atoms with van der Waals surface area (Å²) in [6.07, 6.45) is 6.56. The van der Waals surface area contributed by atoms with Gasteiger partial charge in [-0.3, -0.25) is 9.69 Å². The van der Waals surface area contributed by atoms with Gasteiger partial charge in [-0.15, -0.1) is 11.3 Å². The fourth-order valence-electron chi connectivity index (χ4n) is 2.93. The number of nitrogens with one attached hydrogen (secondary N) is 1. The molecule has 118 valence electrons. The summed E-state index contributed by atoms with van der Waals surface area (Å²) in [5.74, 6) is 0.931. The maximum absolute atomic E-state index is 11.5. The predicted molar refractivity (Wildman–Crippen MR) is 88.7 cm³/mol. The van der Waals surface area contributed by atoms with Crippen molar-refractivity contribution in [1.29, 1.82) is 0 Å². The molecule has 2 rings (SSSR count). The maximum Gasteiger partial charge on any atom is 0.225 e. The molecule has 1 aliphatic carbocycles. The monoisotopic (exact) mass is 309 g/mol. The Balaban J connectivity index is 1.86. The number of carbonyl (C=O) groups excluding carboxylic acids is 1. The summed E-state index contributed by atoms with van der Waals surface area (Å²) in [4.78, 5) is 17.8. The van der Waals surface area contributed by atoms with Crippen molar-refractivity contribution < 1.29 is 4.79 Å². The molecule has 21 heavy (non-hydrogen) atoms. The topological polar surface area (TPSA) is 45.2 Å². The second kappa shape index (κ2) is 7.90. The molecule has 1 aromatic rings. The summed E-state index contributed by atoms with van der Waals surface area (Å²) >= 11 is 1.56. The van der Waals surface area contributed by atoms with Crippen molar-refractivity contribution in [2.24, 2.45) is 5.92 Å². The van der Waals surface area contributed by atoms with Crippen LogP contribution in [-0.2, 0) is 11.3 Å². The molecule has 0 aliphatic heterocycles. The van der Waals surface area contributed by atoms with Gasteiger partial charge in [0.25, 0.3) is 0 Å². The van der Waals surface area contributed by atoms with Gasteiger partial charge in [0.15, 0.2) is 5.13 Å². The van der Waals surface area contributed by atoms with Crippen LogP contribution in [-0.4, -0.2) is 23.5 Å². The van der Waals surface area contributed by atoms with Crippen molar-refractivity contribution >= 4 is 22.4 Å². The van der Waals surface area contributed by atoms with Crippen LogP contribution in [0.3, 0.4) is 0 Å². The van der Waals surface area contributed by atoms with Gasteiger partial charge >= 0.3 is 0 Å². The van der Waals surface area contributed by atoms with E-state index < -0.39 is 0 Å². The normalized spacial score (nSPS) is 22.8. The summed E-state index contributed by atoms with van der Waals surface area (Å²) in [5, 5.41) is 6.52. The van der Waals surface area contributed by atoms with E-state index in [9.17, 15) is 4.79 Å². The third-order valence-corrected chi connectivity index (χ3v) is 5.21. The zero-order chi connectivity index (χ0) is 15.2. The number of carbonyl (C=O) groups is 1. The lowest BCUT2D eigenvalue weighted by Gasteiger charge is -2.16. The highest BCUT2D eigenvalue weighted by Crippen LogP contribution is 2.24. The van der Waals surface area contributed by atoms with E-state index in [1.807, 2.05) is 6.92 Å². The number of hydrogen-bond donors (Lipinski definition) is 1. The van der Waals surface area contributed by atoms with E-state index >= 15 is 0 Å². The van der Waals surface area contributed by atoms with Crippen LogP contribution in [0.15, 0.2) is 5.38 Å². The number of anilines is 1. The van der Waals surface area contributed by atoms with Crippen molar-refractivity contribution in [2.45, 2.75) is 65.5 Å². The van der Waals surface area contributed by atoms with Crippen molar-refractivity contribution in [3.8, 4) is 0 Å². The first-order valence-electron chi connectivity index (χ1n) is 8.06. The van der Waals surface area contributed by atoms with E-state index in [2.05, 4.69) is 22.6 Å². The van der Waals surface area contributed by atoms with Crippen molar-refractivity contribution in [2.75, 3.05) is 11.4 Å². The number of rotatable bonds is 5. The Bertz CT molecular complexity index is 460. The second-order valence-electron chi connectivity index (χ2n) is 6.08. The van der Waals surface area contributed by atoms with Gasteiger partial charge in [-0.25, -0.2) is 4.98 Å². The predicted octanol–water partition coefficient (Wildman–Crippen LogP) is 3.57. The van der Waals surface area contributed by atoms with Gasteiger partial charge in [0.2, 0.25) is 5.91 Å². The fourth-order valence-corrected chi connectivity index (χ4v) is 3.87. The van der Waals surface area contributed by atoms with E-state index in [0.717, 1.165) is 23.3 Å². The SMILES string of the molecule is CCN(C(C)=O)c1nc(CNC2CCCC(C)CC2)cs1. The Hall–Kier alpha value is -0.940. The Morgan fingerprint density at radius 1 is 1.43 bits per heavy atom. The van der Waals surface area contributed by atoms with Crippen molar-refractivity contribution in [3.05, 3.63) is 11.1 Å². The highest BCUT2D eigenvalue weighted by Gasteiger charge is 2.17. The summed E-state index contributed by atoms with van der Waals surface area (Å²) in [5.41, 5.74) is 1.05. The Morgan fingerprint density at radius 2 is 2.24 bits per heavy atom. The molecule has 0 saturated heterocycles. The van der Waals surface area contributed by atoms with Crippen molar-refractivity contribution in [1.82, 2.24) is 10.3 Å². The lowest BCUT2D eigenvalue weighted by atomic mass is 10.0. The first-order valence-corrected chi connectivity index (χ1v) is 8.94. The van der Waals surface area contributed by atoms with Gasteiger partial charge < -0.3 is 5.32 Å². The Kier molecular flexibility index (Phi) is 6.18. The molecule has 0 bridgehead atoms. The van der Waals surface area contributed by atoms with Crippen LogP contribution in [0.4, 0.5) is 5.13 Å². The number of amides is 1. The average Bonchev–Trinajstić information content (AvgIpc) is 2.80. The molecule has 1 fully saturated rings. The lowest BCUT2D eigenvalue weighted by Crippen LogP contribution is -2.29. The molecule has 4 nitrogen and oxygen atoms in total. The van der Waals surface area contributed by atoms with E-state index in [-0.39, 0.29) is 5.91 Å². The minimum Gasteiger partial charge on any atom is -0.308 e. The third-order valence-electron chi connectivity index (χ3n) is 4.30. The molecule has 2 atom stereocenters. The molecule has 1 saturated carbocycles. The Labute approximate surface area is 132 Å². The first-order chi connectivity index (χ1) is 10.1. The zero-order valence-electron chi connectivity index (χ0n) is 13.4. The van der Waals surface area contributed by atoms with E-state index in [0.29, 0.717) is 12.6 Å². The molecule has 1 aromatic heterocycles. The largest absolute Gasteiger partial charge is 0.308 e. The maximum atomic E-state index is 11.5. The molecule has 1 heterocycles. The summed E-state index contributed by atoms with van der Waals surface area (Å²) in [7, 11) is 0. The van der Waals surface area contributed by atoms with Crippen LogP contribution in [0, 0.1) is 5.92 Å². The molecule has 1 N–H and O–H groups in total. The fraction of sp³-hybridized carbons (Fsp3) is 0.750. The van der Waals surface area contributed by atoms with E-state index in [1.54, 1.807) is 23.2 Å². The summed E-state index contributed by atoms with van der Waals surface area (Å²) in [6.45, 7) is 7.42. The zero-order valence-corrected chi connectivity index (χ0v) is 14.2. The van der Waals surface area contributed by atoms with Crippen LogP contribution < -0.4 is 10.2 Å². The first kappa shape index (κ1) is 16.4. The van der Waals surface area contributed by atoms with Gasteiger partial charge in [-0.2, -0.15) is 0 Å². The van der Waals surface area contributed by atoms with E-state index in [1.165, 1.54) is 32.1 Å². The number of nitrogens with zero attached hydrogens (tertiary/aromatic N) is 2. The molecule has 1 aliphatic rings. The van der Waals surface area contributed by atoms with Gasteiger partial charge in [-0.05, 0) is 32.1 Å². The third kappa shape index (κ3) is 4.78. The van der Waals surface area contributed by atoms with Crippen LogP contribution in [0.5, 0.6) is 0 Å². The number of aromatic nitrogens is 1. The second-order valence-corrected chi connectivity index (χ2v) is 6.91. The van der Waals surface area contributed by atoms with Gasteiger partial charge in [0.05, 0.1) is 5.69 Å². The summed E-state index contributed by atoms with van der Waals surface area (Å²) < 4.78 is 0. The van der Waals surface area contributed by atoms with E-state index in [4.69, 9.17) is 0 Å².